The van der Waals surface area contributed by atoms with Crippen molar-refractivity contribution in [1.29, 1.82) is 0 Å². The highest BCUT2D eigenvalue weighted by atomic mass is 16.4. The van der Waals surface area contributed by atoms with Gasteiger partial charge in [0.1, 0.15) is 0 Å². The predicted molar refractivity (Wildman–Crippen MR) is 46.8 cm³/mol. The van der Waals surface area contributed by atoms with Crippen LogP contribution in [0.15, 0.2) is 0 Å². The van der Waals surface area contributed by atoms with Crippen molar-refractivity contribution in [2.75, 3.05) is 0 Å². The molecule has 0 radical (unpaired) electrons. The van der Waals surface area contributed by atoms with Crippen molar-refractivity contribution in [1.82, 2.24) is 0 Å². The molecule has 1 saturated carbocycles. The Labute approximate surface area is 78.8 Å². The minimum atomic E-state index is -1.10. The van der Waals surface area contributed by atoms with Gasteiger partial charge in [-0.15, -0.1) is 0 Å². The van der Waals surface area contributed by atoms with Crippen LogP contribution in [0.4, 0.5) is 0 Å². The van der Waals surface area contributed by atoms with Crippen LogP contribution < -0.4 is 5.11 Å². The molecule has 1 rings (SSSR count). The van der Waals surface area contributed by atoms with Gasteiger partial charge in [0.15, 0.2) is 0 Å². The summed E-state index contributed by atoms with van der Waals surface area (Å²) >= 11 is 0. The molecule has 0 heterocycles. The molecule has 0 saturated heterocycles. The lowest BCUT2D eigenvalue weighted by molar-refractivity contribution is -0.318. The topological polar surface area (TPSA) is 60.4 Å². The summed E-state index contributed by atoms with van der Waals surface area (Å²) in [6.07, 6.45) is 4.64. The number of carbonyl (C=O) groups excluding carboxylic acids is 1. The number of rotatable bonds is 3. The zero-order valence-corrected chi connectivity index (χ0v) is 8.08. The Morgan fingerprint density at radius 1 is 1.46 bits per heavy atom. The van der Waals surface area contributed by atoms with Crippen molar-refractivity contribution < 1.29 is 15.0 Å². The van der Waals surface area contributed by atoms with Crippen molar-refractivity contribution >= 4 is 5.97 Å². The lowest BCUT2D eigenvalue weighted by Gasteiger charge is -2.39. The second kappa shape index (κ2) is 4.09. The first-order chi connectivity index (χ1) is 6.10. The molecule has 0 amide bonds. The van der Waals surface area contributed by atoms with E-state index in [0.29, 0.717) is 19.3 Å². The van der Waals surface area contributed by atoms with Crippen LogP contribution in [0.3, 0.4) is 0 Å². The Balaban J connectivity index is 2.68. The molecular formula is C10H17O3-. The van der Waals surface area contributed by atoms with Crippen LogP contribution in [0.25, 0.3) is 0 Å². The molecule has 0 aromatic rings. The summed E-state index contributed by atoms with van der Waals surface area (Å²) in [4.78, 5) is 10.8. The molecule has 0 aromatic heterocycles. The summed E-state index contributed by atoms with van der Waals surface area (Å²) < 4.78 is 0. The van der Waals surface area contributed by atoms with Gasteiger partial charge in [0.25, 0.3) is 0 Å². The summed E-state index contributed by atoms with van der Waals surface area (Å²) in [5.74, 6) is -1.79. The van der Waals surface area contributed by atoms with Crippen LogP contribution in [-0.4, -0.2) is 16.7 Å². The highest BCUT2D eigenvalue weighted by molar-refractivity contribution is 5.69. The largest absolute Gasteiger partial charge is 0.550 e. The Bertz CT molecular complexity index is 183. The minimum absolute atomic E-state index is 0.457. The van der Waals surface area contributed by atoms with E-state index in [4.69, 9.17) is 0 Å². The van der Waals surface area contributed by atoms with E-state index >= 15 is 0 Å². The zero-order chi connectivity index (χ0) is 9.90. The summed E-state index contributed by atoms with van der Waals surface area (Å²) in [5.41, 5.74) is -0.994. The molecule has 0 aromatic carbocycles. The Kier molecular flexibility index (Phi) is 3.31. The number of hydrogen-bond donors (Lipinski definition) is 1. The zero-order valence-electron chi connectivity index (χ0n) is 8.08. The van der Waals surface area contributed by atoms with Gasteiger partial charge in [-0.2, -0.15) is 0 Å². The fourth-order valence-corrected chi connectivity index (χ4v) is 2.28. The molecule has 0 aliphatic heterocycles. The standard InChI is InChI=1S/C10H18O3/c1-2-8(9(11)12)10(13)6-4-3-5-7-10/h8,13H,2-7H2,1H3,(H,11,12)/p-1/t8-/m0/s1. The second-order valence-electron chi connectivity index (χ2n) is 3.94. The third-order valence-corrected chi connectivity index (χ3v) is 3.06. The molecule has 1 fully saturated rings. The van der Waals surface area contributed by atoms with Crippen LogP contribution in [0, 0.1) is 5.92 Å². The van der Waals surface area contributed by atoms with Gasteiger partial charge in [0.2, 0.25) is 0 Å². The van der Waals surface area contributed by atoms with Crippen molar-refractivity contribution in [3.05, 3.63) is 0 Å². The van der Waals surface area contributed by atoms with Crippen LogP contribution >= 0.6 is 0 Å². The van der Waals surface area contributed by atoms with E-state index in [9.17, 15) is 15.0 Å². The van der Waals surface area contributed by atoms with Crippen LogP contribution in [-0.2, 0) is 4.79 Å². The first-order valence-electron chi connectivity index (χ1n) is 5.03. The normalized spacial score (nSPS) is 23.8. The van der Waals surface area contributed by atoms with Gasteiger partial charge in [-0.05, 0) is 19.3 Å². The molecule has 1 N–H and O–H groups in total. The quantitative estimate of drug-likeness (QED) is 0.694. The van der Waals surface area contributed by atoms with Gasteiger partial charge in [-0.3, -0.25) is 0 Å². The molecule has 1 aliphatic carbocycles. The maximum Gasteiger partial charge on any atom is 0.0727 e. The average molecular weight is 185 g/mol. The highest BCUT2D eigenvalue weighted by Crippen LogP contribution is 2.35. The molecule has 0 bridgehead atoms. The molecule has 0 unspecified atom stereocenters. The molecule has 1 aliphatic rings. The van der Waals surface area contributed by atoms with Gasteiger partial charge in [-0.1, -0.05) is 26.2 Å². The van der Waals surface area contributed by atoms with Gasteiger partial charge < -0.3 is 15.0 Å². The van der Waals surface area contributed by atoms with E-state index in [2.05, 4.69) is 0 Å². The van der Waals surface area contributed by atoms with E-state index in [1.54, 1.807) is 6.92 Å². The molecule has 3 nitrogen and oxygen atoms in total. The molecule has 1 atom stereocenters. The maximum absolute atomic E-state index is 10.8. The minimum Gasteiger partial charge on any atom is -0.550 e. The predicted octanol–water partition coefficient (Wildman–Crippen LogP) is 0.458. The Morgan fingerprint density at radius 2 is 2.00 bits per heavy atom. The van der Waals surface area contributed by atoms with E-state index in [1.165, 1.54) is 0 Å². The molecule has 3 heteroatoms. The van der Waals surface area contributed by atoms with Crippen molar-refractivity contribution in [3.63, 3.8) is 0 Å². The van der Waals surface area contributed by atoms with E-state index in [0.717, 1.165) is 19.3 Å². The molecular weight excluding hydrogens is 168 g/mol. The van der Waals surface area contributed by atoms with E-state index < -0.39 is 17.5 Å². The number of carbonyl (C=O) groups is 1. The number of aliphatic carboxylic acids is 1. The maximum atomic E-state index is 10.8. The molecule has 13 heavy (non-hydrogen) atoms. The van der Waals surface area contributed by atoms with Gasteiger partial charge >= 0.3 is 0 Å². The fourth-order valence-electron chi connectivity index (χ4n) is 2.28. The van der Waals surface area contributed by atoms with Crippen molar-refractivity contribution in [2.24, 2.45) is 5.92 Å². The SMILES string of the molecule is CC[C@@H](C(=O)[O-])C1(O)CCCCC1. The monoisotopic (exact) mass is 185 g/mol. The summed E-state index contributed by atoms with van der Waals surface area (Å²) in [5, 5.41) is 20.8. The van der Waals surface area contributed by atoms with Gasteiger partial charge in [-0.25, -0.2) is 0 Å². The van der Waals surface area contributed by atoms with Crippen LogP contribution in [0.2, 0.25) is 0 Å². The molecule has 0 spiro atoms. The van der Waals surface area contributed by atoms with Gasteiger partial charge in [0, 0.05) is 11.9 Å². The number of carboxylic acids is 1. The third-order valence-electron chi connectivity index (χ3n) is 3.06. The first kappa shape index (κ1) is 10.5. The average Bonchev–Trinajstić information content (AvgIpc) is 2.05. The summed E-state index contributed by atoms with van der Waals surface area (Å²) in [6.45, 7) is 1.78. The van der Waals surface area contributed by atoms with Crippen LogP contribution in [0.5, 0.6) is 0 Å². The van der Waals surface area contributed by atoms with Gasteiger partial charge in [0.05, 0.1) is 5.60 Å². The number of carboxylic acid groups (broad SMARTS) is 1. The fraction of sp³-hybridized carbons (Fsp3) is 0.900. The Morgan fingerprint density at radius 3 is 2.38 bits per heavy atom. The van der Waals surface area contributed by atoms with Crippen LogP contribution in [0.1, 0.15) is 45.4 Å². The third kappa shape index (κ3) is 2.21. The summed E-state index contributed by atoms with van der Waals surface area (Å²) in [6, 6.07) is 0. The smallest absolute Gasteiger partial charge is 0.0727 e. The lowest BCUT2D eigenvalue weighted by atomic mass is 9.74. The summed E-state index contributed by atoms with van der Waals surface area (Å²) in [7, 11) is 0. The first-order valence-corrected chi connectivity index (χ1v) is 5.03. The van der Waals surface area contributed by atoms with E-state index in [1.807, 2.05) is 0 Å². The van der Waals surface area contributed by atoms with Crippen molar-refractivity contribution in [3.8, 4) is 0 Å². The Hall–Kier alpha value is -0.570. The van der Waals surface area contributed by atoms with Crippen molar-refractivity contribution in [2.45, 2.75) is 51.0 Å². The van der Waals surface area contributed by atoms with E-state index in [-0.39, 0.29) is 0 Å². The second-order valence-corrected chi connectivity index (χ2v) is 3.94. The lowest BCUT2D eigenvalue weighted by Crippen LogP contribution is -2.48. The molecule has 76 valence electrons. The number of aliphatic hydroxyl groups is 1. The highest BCUT2D eigenvalue weighted by Gasteiger charge is 2.37. The number of hydrogen-bond acceptors (Lipinski definition) is 3.